The summed E-state index contributed by atoms with van der Waals surface area (Å²) in [6.45, 7) is 5.28. The molecule has 2 spiro atoms. The number of nitrogens with zero attached hydrogens (tertiary/aromatic N) is 5. The number of nitrogens with one attached hydrogen (secondary N) is 2. The van der Waals surface area contributed by atoms with E-state index in [0.29, 0.717) is 24.8 Å². The number of carbonyl (C=O) groups excluding carboxylic acids is 3. The number of anilines is 1. The molecule has 0 aromatic heterocycles. The predicted octanol–water partition coefficient (Wildman–Crippen LogP) is 2.18. The van der Waals surface area contributed by atoms with Gasteiger partial charge in [0.2, 0.25) is 0 Å². The second-order valence-electron chi connectivity index (χ2n) is 10.3. The molecule has 4 amide bonds. The minimum absolute atomic E-state index is 0.130. The number of likely N-dealkylation sites (tertiary alicyclic amines) is 1. The SMILES string of the molecule is CCN1C(=O)N(CC)C2C1NN=C1SC3(C(=O)N12)C(c1ccccc1)CN(C)C31C(=O)Nc2ccccc21. The van der Waals surface area contributed by atoms with Crippen molar-refractivity contribution in [2.75, 3.05) is 32.0 Å². The number of hydrazone groups is 1. The fourth-order valence-corrected chi connectivity index (χ4v) is 8.99. The molecule has 38 heavy (non-hydrogen) atoms. The smallest absolute Gasteiger partial charge is 0.323 e. The molecule has 0 saturated carbocycles. The number of amidine groups is 1. The number of rotatable bonds is 3. The van der Waals surface area contributed by atoms with Crippen LogP contribution in [0.2, 0.25) is 0 Å². The molecule has 0 bridgehead atoms. The van der Waals surface area contributed by atoms with Crippen LogP contribution in [-0.2, 0) is 15.1 Å². The third-order valence-electron chi connectivity index (χ3n) is 8.82. The maximum absolute atomic E-state index is 15.1. The molecule has 3 saturated heterocycles. The average Bonchev–Trinajstić information content (AvgIpc) is 3.58. The summed E-state index contributed by atoms with van der Waals surface area (Å²) in [7, 11) is 1.93. The Bertz CT molecular complexity index is 1400. The predicted molar refractivity (Wildman–Crippen MR) is 144 cm³/mol. The Morgan fingerprint density at radius 3 is 2.45 bits per heavy atom. The number of amides is 4. The second-order valence-corrected chi connectivity index (χ2v) is 11.5. The zero-order chi connectivity index (χ0) is 26.4. The van der Waals surface area contributed by atoms with Gasteiger partial charge in [0.15, 0.2) is 23.0 Å². The van der Waals surface area contributed by atoms with Crippen LogP contribution in [0.25, 0.3) is 0 Å². The highest BCUT2D eigenvalue weighted by Crippen LogP contribution is 2.66. The molecule has 7 rings (SSSR count). The van der Waals surface area contributed by atoms with Crippen molar-refractivity contribution in [1.29, 1.82) is 0 Å². The summed E-state index contributed by atoms with van der Waals surface area (Å²) in [5, 5.41) is 8.23. The van der Waals surface area contributed by atoms with Gasteiger partial charge in [0, 0.05) is 36.8 Å². The number of para-hydroxylation sites is 1. The van der Waals surface area contributed by atoms with Crippen molar-refractivity contribution in [2.24, 2.45) is 5.10 Å². The summed E-state index contributed by atoms with van der Waals surface area (Å²) in [6, 6.07) is 17.5. The summed E-state index contributed by atoms with van der Waals surface area (Å²) in [4.78, 5) is 49.8. The second kappa shape index (κ2) is 7.97. The van der Waals surface area contributed by atoms with Gasteiger partial charge in [-0.15, -0.1) is 0 Å². The molecular weight excluding hydrogens is 502 g/mol. The molecule has 0 aliphatic carbocycles. The first-order chi connectivity index (χ1) is 18.4. The van der Waals surface area contributed by atoms with E-state index in [9.17, 15) is 9.59 Å². The van der Waals surface area contributed by atoms with Crippen LogP contribution in [-0.4, -0.2) is 86.4 Å². The maximum Gasteiger partial charge on any atom is 0.323 e. The van der Waals surface area contributed by atoms with E-state index in [4.69, 9.17) is 0 Å². The molecule has 2 aromatic carbocycles. The van der Waals surface area contributed by atoms with Crippen molar-refractivity contribution >= 4 is 40.5 Å². The standard InChI is InChI=1S/C27H29N7O3S/c1-4-32-20-21(33(5-2)25(32)37)34-23(36)27(38-24(34)30-29-20)18(16-11-7-6-8-12-16)15-31(3)26(27)17-13-9-10-14-19(17)28-22(26)35/h6-14,18,20-21,29H,4-5,15H2,1-3H3,(H,28,35). The highest BCUT2D eigenvalue weighted by atomic mass is 32.2. The molecule has 196 valence electrons. The Labute approximate surface area is 225 Å². The van der Waals surface area contributed by atoms with Crippen LogP contribution >= 0.6 is 11.8 Å². The molecule has 5 aliphatic rings. The number of carbonyl (C=O) groups is 3. The van der Waals surface area contributed by atoms with E-state index in [1.165, 1.54) is 11.8 Å². The van der Waals surface area contributed by atoms with Crippen LogP contribution in [0, 0.1) is 0 Å². The monoisotopic (exact) mass is 531 g/mol. The van der Waals surface area contributed by atoms with E-state index in [1.807, 2.05) is 80.4 Å². The first-order valence-electron chi connectivity index (χ1n) is 13.0. The molecule has 10 nitrogen and oxygen atoms in total. The molecule has 3 fully saturated rings. The lowest BCUT2D eigenvalue weighted by Gasteiger charge is -2.42. The van der Waals surface area contributed by atoms with Gasteiger partial charge in [-0.1, -0.05) is 60.3 Å². The van der Waals surface area contributed by atoms with E-state index >= 15 is 4.79 Å². The minimum atomic E-state index is -1.26. The molecule has 5 heterocycles. The molecule has 2 N–H and O–H groups in total. The topological polar surface area (TPSA) is 101 Å². The van der Waals surface area contributed by atoms with Gasteiger partial charge >= 0.3 is 6.03 Å². The van der Waals surface area contributed by atoms with E-state index in [2.05, 4.69) is 15.8 Å². The summed E-state index contributed by atoms with van der Waals surface area (Å²) < 4.78 is -1.24. The number of fused-ring (bicyclic) bond motifs is 6. The third kappa shape index (κ3) is 2.53. The third-order valence-corrected chi connectivity index (χ3v) is 10.4. The van der Waals surface area contributed by atoms with Crippen molar-refractivity contribution in [3.63, 3.8) is 0 Å². The summed E-state index contributed by atoms with van der Waals surface area (Å²) in [5.41, 5.74) is 4.42. The van der Waals surface area contributed by atoms with Crippen molar-refractivity contribution in [1.82, 2.24) is 25.0 Å². The molecule has 5 unspecified atom stereocenters. The summed E-state index contributed by atoms with van der Waals surface area (Å²) in [5.74, 6) is -0.702. The molecule has 5 aliphatic heterocycles. The van der Waals surface area contributed by atoms with Crippen LogP contribution in [0.15, 0.2) is 59.7 Å². The molecule has 5 atom stereocenters. The van der Waals surface area contributed by atoms with Gasteiger partial charge in [0.1, 0.15) is 4.75 Å². The highest BCUT2D eigenvalue weighted by molar-refractivity contribution is 8.16. The zero-order valence-corrected chi connectivity index (χ0v) is 22.2. The van der Waals surface area contributed by atoms with Crippen LogP contribution in [0.1, 0.15) is 30.9 Å². The molecule has 11 heteroatoms. The van der Waals surface area contributed by atoms with E-state index in [1.54, 1.807) is 14.7 Å². The largest absolute Gasteiger partial charge is 0.324 e. The Hall–Kier alpha value is -3.57. The van der Waals surface area contributed by atoms with Gasteiger partial charge < -0.3 is 5.32 Å². The average molecular weight is 532 g/mol. The van der Waals surface area contributed by atoms with Crippen molar-refractivity contribution in [2.45, 2.75) is 42.4 Å². The van der Waals surface area contributed by atoms with Gasteiger partial charge in [-0.3, -0.25) is 34.6 Å². The summed E-state index contributed by atoms with van der Waals surface area (Å²) in [6.07, 6.45) is -1.02. The van der Waals surface area contributed by atoms with Gasteiger partial charge in [-0.2, -0.15) is 5.10 Å². The Kier molecular flexibility index (Phi) is 4.94. The summed E-state index contributed by atoms with van der Waals surface area (Å²) >= 11 is 1.36. The van der Waals surface area contributed by atoms with Crippen molar-refractivity contribution in [3.05, 3.63) is 65.7 Å². The van der Waals surface area contributed by atoms with E-state index in [-0.39, 0.29) is 23.8 Å². The van der Waals surface area contributed by atoms with Crippen LogP contribution in [0.5, 0.6) is 0 Å². The maximum atomic E-state index is 15.1. The number of hydrogen-bond donors (Lipinski definition) is 2. The number of thioether (sulfide) groups is 1. The van der Waals surface area contributed by atoms with E-state index < -0.39 is 22.6 Å². The van der Waals surface area contributed by atoms with Crippen LogP contribution in [0.3, 0.4) is 0 Å². The quantitative estimate of drug-likeness (QED) is 0.630. The number of benzene rings is 2. The van der Waals surface area contributed by atoms with Crippen molar-refractivity contribution < 1.29 is 14.4 Å². The number of likely N-dealkylation sites (N-methyl/N-ethyl adjacent to an activating group) is 3. The van der Waals surface area contributed by atoms with Gasteiger partial charge in [-0.05, 0) is 32.5 Å². The van der Waals surface area contributed by atoms with Gasteiger partial charge in [-0.25, -0.2) is 4.79 Å². The van der Waals surface area contributed by atoms with Gasteiger partial charge in [0.25, 0.3) is 11.8 Å². The van der Waals surface area contributed by atoms with E-state index in [0.717, 1.165) is 16.8 Å². The number of urea groups is 1. The fourth-order valence-electron chi connectivity index (χ4n) is 7.27. The number of hydrogen-bond acceptors (Lipinski definition) is 7. The molecular formula is C27H29N7O3S. The van der Waals surface area contributed by atoms with Crippen LogP contribution < -0.4 is 10.7 Å². The fraction of sp³-hybridized carbons (Fsp3) is 0.407. The molecule has 2 aromatic rings. The first kappa shape index (κ1) is 23.5. The lowest BCUT2D eigenvalue weighted by atomic mass is 9.72. The Morgan fingerprint density at radius 2 is 1.71 bits per heavy atom. The first-order valence-corrected chi connectivity index (χ1v) is 13.8. The normalized spacial score (nSPS) is 33.6. The lowest BCUT2D eigenvalue weighted by Crippen LogP contribution is -2.65. The van der Waals surface area contributed by atoms with Crippen molar-refractivity contribution in [3.8, 4) is 0 Å². The highest BCUT2D eigenvalue weighted by Gasteiger charge is 2.79. The minimum Gasteiger partial charge on any atom is -0.324 e. The zero-order valence-electron chi connectivity index (χ0n) is 21.4. The van der Waals surface area contributed by atoms with Crippen LogP contribution in [0.4, 0.5) is 10.5 Å². The van der Waals surface area contributed by atoms with Gasteiger partial charge in [0.05, 0.1) is 0 Å². The Balaban J connectivity index is 1.47. The Morgan fingerprint density at radius 1 is 1.00 bits per heavy atom. The lowest BCUT2D eigenvalue weighted by molar-refractivity contribution is -0.141. The molecule has 0 radical (unpaired) electrons.